The zero-order valence-corrected chi connectivity index (χ0v) is 10.8. The van der Waals surface area contributed by atoms with E-state index in [1.807, 2.05) is 0 Å². The molecule has 1 aromatic heterocycles. The number of rotatable bonds is 5. The van der Waals surface area contributed by atoms with Crippen molar-refractivity contribution in [2.75, 3.05) is 31.7 Å². The minimum Gasteiger partial charge on any atom is -0.461 e. The van der Waals surface area contributed by atoms with E-state index in [-0.39, 0.29) is 24.9 Å². The van der Waals surface area contributed by atoms with Crippen molar-refractivity contribution in [3.63, 3.8) is 0 Å². The molecule has 7 nitrogen and oxygen atoms in total. The lowest BCUT2D eigenvalue weighted by molar-refractivity contribution is 0.0370. The molecule has 0 radical (unpaired) electrons. The molecule has 1 aliphatic rings. The van der Waals surface area contributed by atoms with E-state index >= 15 is 0 Å². The number of ether oxygens (including phenoxy) is 2. The summed E-state index contributed by atoms with van der Waals surface area (Å²) >= 11 is 0. The maximum absolute atomic E-state index is 11.5. The van der Waals surface area contributed by atoms with Crippen LogP contribution in [0.1, 0.15) is 30.3 Å². The first-order valence-electron chi connectivity index (χ1n) is 6.28. The molecule has 1 aromatic rings. The van der Waals surface area contributed by atoms with Crippen LogP contribution in [0.3, 0.4) is 0 Å². The predicted octanol–water partition coefficient (Wildman–Crippen LogP) is 0.805. The second-order valence-electron chi connectivity index (χ2n) is 4.43. The smallest absolute Gasteiger partial charge is 0.360 e. The third-order valence-electron chi connectivity index (χ3n) is 3.11. The van der Waals surface area contributed by atoms with Gasteiger partial charge in [0.15, 0.2) is 5.69 Å². The Kier molecular flexibility index (Phi) is 4.39. The standard InChI is InChI=1S/C12H18N2O5/c1-2-18-10(16)9-7-19-11(13-9)14-12(8-15)3-5-17-6-4-12/h7,15H,2-6,8H2,1H3,(H,13,14). The molecule has 7 heteroatoms. The molecule has 1 fully saturated rings. The monoisotopic (exact) mass is 270 g/mol. The Labute approximate surface area is 110 Å². The Balaban J connectivity index is 2.04. The van der Waals surface area contributed by atoms with Gasteiger partial charge in [-0.25, -0.2) is 4.79 Å². The largest absolute Gasteiger partial charge is 0.461 e. The quantitative estimate of drug-likeness (QED) is 0.764. The van der Waals surface area contributed by atoms with Gasteiger partial charge in [-0.1, -0.05) is 0 Å². The van der Waals surface area contributed by atoms with Gasteiger partial charge in [-0.3, -0.25) is 0 Å². The van der Waals surface area contributed by atoms with Crippen molar-refractivity contribution < 1.29 is 23.8 Å². The van der Waals surface area contributed by atoms with Crippen molar-refractivity contribution >= 4 is 12.0 Å². The summed E-state index contributed by atoms with van der Waals surface area (Å²) in [5, 5.41) is 12.6. The SMILES string of the molecule is CCOC(=O)c1coc(NC2(CO)CCOCC2)n1. The molecular weight excluding hydrogens is 252 g/mol. The molecule has 0 saturated carbocycles. The van der Waals surface area contributed by atoms with E-state index in [1.165, 1.54) is 6.26 Å². The second-order valence-corrected chi connectivity index (χ2v) is 4.43. The van der Waals surface area contributed by atoms with E-state index in [0.717, 1.165) is 0 Å². The maximum atomic E-state index is 11.5. The van der Waals surface area contributed by atoms with Crippen molar-refractivity contribution in [2.45, 2.75) is 25.3 Å². The summed E-state index contributed by atoms with van der Waals surface area (Å²) in [6.07, 6.45) is 2.55. The number of anilines is 1. The summed E-state index contributed by atoms with van der Waals surface area (Å²) in [7, 11) is 0. The number of aromatic nitrogens is 1. The minimum atomic E-state index is -0.524. The van der Waals surface area contributed by atoms with Gasteiger partial charge in [-0.2, -0.15) is 4.98 Å². The van der Waals surface area contributed by atoms with Crippen molar-refractivity contribution in [1.82, 2.24) is 4.98 Å². The van der Waals surface area contributed by atoms with Crippen LogP contribution in [0.2, 0.25) is 0 Å². The minimum absolute atomic E-state index is 0.0481. The Morgan fingerprint density at radius 2 is 2.32 bits per heavy atom. The normalized spacial score (nSPS) is 18.0. The van der Waals surface area contributed by atoms with E-state index in [0.29, 0.717) is 26.1 Å². The number of hydrogen-bond acceptors (Lipinski definition) is 7. The molecule has 0 unspecified atom stereocenters. The molecule has 0 spiro atoms. The highest BCUT2D eigenvalue weighted by atomic mass is 16.5. The number of carbonyl (C=O) groups is 1. The molecule has 0 aromatic carbocycles. The molecule has 0 atom stereocenters. The highest BCUT2D eigenvalue weighted by Gasteiger charge is 2.33. The van der Waals surface area contributed by atoms with Crippen molar-refractivity contribution in [3.05, 3.63) is 12.0 Å². The van der Waals surface area contributed by atoms with Crippen LogP contribution >= 0.6 is 0 Å². The molecular formula is C12H18N2O5. The Hall–Kier alpha value is -1.60. The van der Waals surface area contributed by atoms with Gasteiger partial charge < -0.3 is 24.3 Å². The molecule has 2 heterocycles. The number of aliphatic hydroxyl groups excluding tert-OH is 1. The average molecular weight is 270 g/mol. The van der Waals surface area contributed by atoms with Gasteiger partial charge >= 0.3 is 5.97 Å². The van der Waals surface area contributed by atoms with Gasteiger partial charge in [-0.05, 0) is 19.8 Å². The van der Waals surface area contributed by atoms with Crippen LogP contribution in [0, 0.1) is 0 Å². The van der Waals surface area contributed by atoms with E-state index in [9.17, 15) is 9.90 Å². The number of esters is 1. The number of nitrogens with one attached hydrogen (secondary N) is 1. The van der Waals surface area contributed by atoms with Crippen LogP contribution in [-0.4, -0.2) is 48.0 Å². The van der Waals surface area contributed by atoms with Crippen molar-refractivity contribution in [3.8, 4) is 0 Å². The molecule has 2 rings (SSSR count). The Bertz CT molecular complexity index is 426. The van der Waals surface area contributed by atoms with Crippen LogP contribution in [0.4, 0.5) is 6.01 Å². The molecule has 1 aliphatic heterocycles. The lowest BCUT2D eigenvalue weighted by atomic mass is 9.91. The number of oxazole rings is 1. The fourth-order valence-corrected chi connectivity index (χ4v) is 1.94. The Morgan fingerprint density at radius 3 is 2.95 bits per heavy atom. The highest BCUT2D eigenvalue weighted by Crippen LogP contribution is 2.25. The predicted molar refractivity (Wildman–Crippen MR) is 66.0 cm³/mol. The average Bonchev–Trinajstić information content (AvgIpc) is 2.88. The summed E-state index contributed by atoms with van der Waals surface area (Å²) in [4.78, 5) is 15.5. The number of hydrogen-bond donors (Lipinski definition) is 2. The molecule has 106 valence electrons. The van der Waals surface area contributed by atoms with E-state index in [1.54, 1.807) is 6.92 Å². The lowest BCUT2D eigenvalue weighted by Crippen LogP contribution is -2.47. The zero-order chi connectivity index (χ0) is 13.7. The van der Waals surface area contributed by atoms with E-state index in [2.05, 4.69) is 10.3 Å². The topological polar surface area (TPSA) is 93.8 Å². The first kappa shape index (κ1) is 13.8. The summed E-state index contributed by atoms with van der Waals surface area (Å²) in [5.41, 5.74) is -0.390. The fraction of sp³-hybridized carbons (Fsp3) is 0.667. The van der Waals surface area contributed by atoms with Crippen LogP contribution < -0.4 is 5.32 Å². The highest BCUT2D eigenvalue weighted by molar-refractivity contribution is 5.87. The van der Waals surface area contributed by atoms with E-state index in [4.69, 9.17) is 13.9 Å². The molecule has 2 N–H and O–H groups in total. The summed E-state index contributed by atoms with van der Waals surface area (Å²) in [5.74, 6) is -0.524. The second kappa shape index (κ2) is 6.03. The van der Waals surface area contributed by atoms with Gasteiger partial charge in [0, 0.05) is 13.2 Å². The number of carbonyl (C=O) groups excluding carboxylic acids is 1. The zero-order valence-electron chi connectivity index (χ0n) is 10.8. The van der Waals surface area contributed by atoms with E-state index < -0.39 is 11.5 Å². The molecule has 19 heavy (non-hydrogen) atoms. The molecule has 0 aliphatic carbocycles. The third kappa shape index (κ3) is 3.24. The first-order valence-corrected chi connectivity index (χ1v) is 6.28. The molecule has 0 bridgehead atoms. The van der Waals surface area contributed by atoms with Crippen molar-refractivity contribution in [1.29, 1.82) is 0 Å². The number of nitrogens with zero attached hydrogens (tertiary/aromatic N) is 1. The van der Waals surface area contributed by atoms with Crippen molar-refractivity contribution in [2.24, 2.45) is 0 Å². The fourth-order valence-electron chi connectivity index (χ4n) is 1.94. The maximum Gasteiger partial charge on any atom is 0.360 e. The summed E-state index contributed by atoms with van der Waals surface area (Å²) in [6, 6.07) is 0.207. The molecule has 0 amide bonds. The van der Waals surface area contributed by atoms with Gasteiger partial charge in [0.1, 0.15) is 6.26 Å². The van der Waals surface area contributed by atoms with Gasteiger partial charge in [0.25, 0.3) is 6.01 Å². The van der Waals surface area contributed by atoms with Crippen LogP contribution in [0.15, 0.2) is 10.7 Å². The van der Waals surface area contributed by atoms with Gasteiger partial charge in [0.2, 0.25) is 0 Å². The van der Waals surface area contributed by atoms with Crippen LogP contribution in [0.25, 0.3) is 0 Å². The Morgan fingerprint density at radius 1 is 1.58 bits per heavy atom. The van der Waals surface area contributed by atoms with Gasteiger partial charge in [-0.15, -0.1) is 0 Å². The summed E-state index contributed by atoms with van der Waals surface area (Å²) in [6.45, 7) is 3.10. The number of aliphatic hydroxyl groups is 1. The third-order valence-corrected chi connectivity index (χ3v) is 3.11. The lowest BCUT2D eigenvalue weighted by Gasteiger charge is -2.35. The first-order chi connectivity index (χ1) is 9.19. The van der Waals surface area contributed by atoms with Crippen LogP contribution in [0.5, 0.6) is 0 Å². The van der Waals surface area contributed by atoms with Crippen LogP contribution in [-0.2, 0) is 9.47 Å². The summed E-state index contributed by atoms with van der Waals surface area (Å²) < 4.78 is 15.3. The molecule has 1 saturated heterocycles. The van der Waals surface area contributed by atoms with Gasteiger partial charge in [0.05, 0.1) is 18.8 Å².